The topological polar surface area (TPSA) is 51.2 Å². The molecule has 1 heterocycles. The largest absolute Gasteiger partial charge is 0.497 e. The second-order valence-electron chi connectivity index (χ2n) is 8.00. The van der Waals surface area contributed by atoms with Gasteiger partial charge in [0.15, 0.2) is 5.13 Å². The van der Waals surface area contributed by atoms with Crippen LogP contribution in [-0.2, 0) is 4.79 Å². The number of fused-ring (bicyclic) bond motifs is 1. The van der Waals surface area contributed by atoms with E-state index in [2.05, 4.69) is 10.3 Å². The molecule has 0 unspecified atom stereocenters. The Balaban J connectivity index is 1.40. The van der Waals surface area contributed by atoms with Crippen LogP contribution >= 0.6 is 11.3 Å². The van der Waals surface area contributed by atoms with Crippen molar-refractivity contribution < 1.29 is 9.53 Å². The van der Waals surface area contributed by atoms with Gasteiger partial charge >= 0.3 is 0 Å². The molecule has 2 aromatic rings. The first-order valence-electron chi connectivity index (χ1n) is 8.89. The van der Waals surface area contributed by atoms with Gasteiger partial charge in [-0.3, -0.25) is 4.79 Å². The van der Waals surface area contributed by atoms with Gasteiger partial charge in [-0.05, 0) is 74.5 Å². The van der Waals surface area contributed by atoms with Gasteiger partial charge in [0.05, 0.1) is 22.7 Å². The van der Waals surface area contributed by atoms with Gasteiger partial charge in [0.2, 0.25) is 5.91 Å². The minimum absolute atomic E-state index is 0.121. The van der Waals surface area contributed by atoms with Crippen LogP contribution in [0.4, 0.5) is 5.13 Å². The molecule has 4 bridgehead atoms. The number of hydrogen-bond donors (Lipinski definition) is 1. The van der Waals surface area contributed by atoms with E-state index in [0.717, 1.165) is 58.1 Å². The predicted molar refractivity (Wildman–Crippen MR) is 95.4 cm³/mol. The zero-order valence-electron chi connectivity index (χ0n) is 13.9. The lowest BCUT2D eigenvalue weighted by Crippen LogP contribution is -2.51. The smallest absolute Gasteiger partial charge is 0.232 e. The fourth-order valence-corrected chi connectivity index (χ4v) is 6.59. The molecular weight excluding hydrogens is 320 g/mol. The van der Waals surface area contributed by atoms with Gasteiger partial charge in [-0.25, -0.2) is 4.98 Å². The molecule has 6 rings (SSSR count). The van der Waals surface area contributed by atoms with E-state index in [1.165, 1.54) is 30.6 Å². The molecular formula is C19H22N2O2S. The number of nitrogens with one attached hydrogen (secondary N) is 1. The van der Waals surface area contributed by atoms with Crippen molar-refractivity contribution in [1.29, 1.82) is 0 Å². The average molecular weight is 342 g/mol. The molecule has 1 aromatic carbocycles. The molecule has 1 N–H and O–H groups in total. The lowest BCUT2D eigenvalue weighted by Gasteiger charge is -2.55. The highest BCUT2D eigenvalue weighted by molar-refractivity contribution is 7.22. The van der Waals surface area contributed by atoms with Crippen LogP contribution in [-0.4, -0.2) is 18.0 Å². The van der Waals surface area contributed by atoms with Crippen molar-refractivity contribution in [2.24, 2.45) is 23.2 Å². The standard InChI is InChI=1S/C19H22N2O2S/c1-23-14-2-3-15-16(7-14)24-18(20-15)21-17(22)19-8-11-4-12(9-19)6-13(5-11)10-19/h2-3,7,11-13H,4-6,8-10H2,1H3,(H,20,21,22). The summed E-state index contributed by atoms with van der Waals surface area (Å²) in [4.78, 5) is 17.7. The summed E-state index contributed by atoms with van der Waals surface area (Å²) in [6.07, 6.45) is 7.32. The molecule has 0 aliphatic heterocycles. The predicted octanol–water partition coefficient (Wildman–Crippen LogP) is 4.46. The van der Waals surface area contributed by atoms with Gasteiger partial charge in [-0.15, -0.1) is 0 Å². The maximum absolute atomic E-state index is 13.1. The van der Waals surface area contributed by atoms with E-state index in [1.807, 2.05) is 18.2 Å². The van der Waals surface area contributed by atoms with E-state index >= 15 is 0 Å². The Morgan fingerprint density at radius 3 is 2.50 bits per heavy atom. The van der Waals surface area contributed by atoms with Crippen LogP contribution < -0.4 is 10.1 Å². The molecule has 0 radical (unpaired) electrons. The number of amides is 1. The molecule has 4 fully saturated rings. The molecule has 0 spiro atoms. The number of aromatic nitrogens is 1. The Morgan fingerprint density at radius 1 is 1.21 bits per heavy atom. The summed E-state index contributed by atoms with van der Waals surface area (Å²) in [7, 11) is 1.66. The minimum Gasteiger partial charge on any atom is -0.497 e. The third kappa shape index (κ3) is 2.25. The lowest BCUT2D eigenvalue weighted by atomic mass is 9.49. The van der Waals surface area contributed by atoms with Gasteiger partial charge in [-0.1, -0.05) is 11.3 Å². The number of benzene rings is 1. The second-order valence-corrected chi connectivity index (χ2v) is 9.04. The fraction of sp³-hybridized carbons (Fsp3) is 0.579. The zero-order chi connectivity index (χ0) is 16.3. The molecule has 4 saturated carbocycles. The highest BCUT2D eigenvalue weighted by Gasteiger charge is 2.54. The molecule has 5 heteroatoms. The average Bonchev–Trinajstić information content (AvgIpc) is 2.94. The van der Waals surface area contributed by atoms with Crippen molar-refractivity contribution in [3.8, 4) is 5.75 Å². The summed E-state index contributed by atoms with van der Waals surface area (Å²) < 4.78 is 6.32. The number of carbonyl (C=O) groups excluding carboxylic acids is 1. The highest BCUT2D eigenvalue weighted by atomic mass is 32.1. The Bertz CT molecular complexity index is 778. The number of hydrogen-bond acceptors (Lipinski definition) is 4. The summed E-state index contributed by atoms with van der Waals surface area (Å²) >= 11 is 1.54. The minimum atomic E-state index is -0.121. The zero-order valence-corrected chi connectivity index (χ0v) is 14.7. The molecule has 0 atom stereocenters. The molecule has 1 aromatic heterocycles. The quantitative estimate of drug-likeness (QED) is 0.896. The number of carbonyl (C=O) groups is 1. The number of methoxy groups -OCH3 is 1. The van der Waals surface area contributed by atoms with E-state index in [-0.39, 0.29) is 11.3 Å². The van der Waals surface area contributed by atoms with E-state index in [9.17, 15) is 4.79 Å². The van der Waals surface area contributed by atoms with Gasteiger partial charge in [-0.2, -0.15) is 0 Å². The normalized spacial score (nSPS) is 33.8. The van der Waals surface area contributed by atoms with E-state index in [0.29, 0.717) is 0 Å². The van der Waals surface area contributed by atoms with Crippen LogP contribution in [0.3, 0.4) is 0 Å². The monoisotopic (exact) mass is 342 g/mol. The Kier molecular flexibility index (Phi) is 3.18. The first-order chi connectivity index (χ1) is 11.6. The third-order valence-electron chi connectivity index (χ3n) is 6.34. The molecule has 4 nitrogen and oxygen atoms in total. The summed E-state index contributed by atoms with van der Waals surface area (Å²) in [5, 5.41) is 3.87. The lowest BCUT2D eigenvalue weighted by molar-refractivity contribution is -0.140. The van der Waals surface area contributed by atoms with Crippen molar-refractivity contribution in [3.63, 3.8) is 0 Å². The van der Waals surface area contributed by atoms with Crippen molar-refractivity contribution in [3.05, 3.63) is 18.2 Å². The van der Waals surface area contributed by atoms with Gasteiger partial charge in [0.1, 0.15) is 5.75 Å². The molecule has 126 valence electrons. The van der Waals surface area contributed by atoms with E-state index in [1.54, 1.807) is 7.11 Å². The van der Waals surface area contributed by atoms with Crippen LogP contribution in [0.25, 0.3) is 10.2 Å². The second kappa shape index (κ2) is 5.19. The summed E-state index contributed by atoms with van der Waals surface area (Å²) in [6, 6.07) is 5.84. The van der Waals surface area contributed by atoms with Gasteiger partial charge in [0.25, 0.3) is 0 Å². The number of ether oxygens (including phenoxy) is 1. The summed E-state index contributed by atoms with van der Waals surface area (Å²) in [6.45, 7) is 0. The molecule has 0 saturated heterocycles. The first kappa shape index (κ1) is 14.7. The number of thiazole rings is 1. The van der Waals surface area contributed by atoms with Crippen molar-refractivity contribution in [1.82, 2.24) is 4.98 Å². The summed E-state index contributed by atoms with van der Waals surface area (Å²) in [5.74, 6) is 3.38. The van der Waals surface area contributed by atoms with Crippen molar-refractivity contribution in [2.75, 3.05) is 12.4 Å². The maximum atomic E-state index is 13.1. The van der Waals surface area contributed by atoms with E-state index < -0.39 is 0 Å². The molecule has 4 aliphatic rings. The van der Waals surface area contributed by atoms with Crippen LogP contribution in [0, 0.1) is 23.2 Å². The fourth-order valence-electron chi connectivity index (χ4n) is 5.70. The van der Waals surface area contributed by atoms with E-state index in [4.69, 9.17) is 4.74 Å². The number of nitrogens with zero attached hydrogens (tertiary/aromatic N) is 1. The van der Waals surface area contributed by atoms with Crippen LogP contribution in [0.1, 0.15) is 38.5 Å². The first-order valence-corrected chi connectivity index (χ1v) is 9.71. The van der Waals surface area contributed by atoms with Crippen LogP contribution in [0.2, 0.25) is 0 Å². The summed E-state index contributed by atoms with van der Waals surface area (Å²) in [5.41, 5.74) is 0.797. The SMILES string of the molecule is COc1ccc2nc(NC(=O)C34CC5CC(CC(C5)C3)C4)sc2c1. The van der Waals surface area contributed by atoms with Crippen LogP contribution in [0.15, 0.2) is 18.2 Å². The van der Waals surface area contributed by atoms with Gasteiger partial charge in [0, 0.05) is 0 Å². The number of anilines is 1. The van der Waals surface area contributed by atoms with Crippen molar-refractivity contribution >= 4 is 32.6 Å². The van der Waals surface area contributed by atoms with Crippen LogP contribution in [0.5, 0.6) is 5.75 Å². The Labute approximate surface area is 145 Å². The molecule has 24 heavy (non-hydrogen) atoms. The van der Waals surface area contributed by atoms with Gasteiger partial charge < -0.3 is 10.1 Å². The molecule has 4 aliphatic carbocycles. The Morgan fingerprint density at radius 2 is 1.88 bits per heavy atom. The third-order valence-corrected chi connectivity index (χ3v) is 7.27. The maximum Gasteiger partial charge on any atom is 0.232 e. The molecule has 1 amide bonds. The van der Waals surface area contributed by atoms with Crippen molar-refractivity contribution in [2.45, 2.75) is 38.5 Å². The highest BCUT2D eigenvalue weighted by Crippen LogP contribution is 2.60. The number of rotatable bonds is 3. The Hall–Kier alpha value is -1.62.